The van der Waals surface area contributed by atoms with Crippen LogP contribution in [0.3, 0.4) is 0 Å². The molecule has 0 spiro atoms. The number of aliphatic hydroxyl groups excluding tert-OH is 2. The Labute approximate surface area is 113 Å². The first-order valence-corrected chi connectivity index (χ1v) is 5.81. The number of ether oxygens (including phenoxy) is 1. The smallest absolute Gasteiger partial charge is 0.433 e. The Bertz CT molecular complexity index is 464. The Hall–Kier alpha value is -1.67. The number of nitrogens with zero attached hydrogens (tertiary/aromatic N) is 1. The molecule has 112 valence electrons. The molecule has 0 saturated heterocycles. The highest BCUT2D eigenvalue weighted by Gasteiger charge is 2.33. The second kappa shape index (κ2) is 6.67. The number of pyridine rings is 1. The predicted octanol–water partition coefficient (Wildman–Crippen LogP) is 1.45. The van der Waals surface area contributed by atoms with Crippen molar-refractivity contribution in [3.63, 3.8) is 0 Å². The fourth-order valence-corrected chi connectivity index (χ4v) is 1.47. The van der Waals surface area contributed by atoms with Crippen molar-refractivity contribution in [2.45, 2.75) is 31.7 Å². The first-order valence-electron chi connectivity index (χ1n) is 5.81. The topological polar surface area (TPSA) is 79.7 Å². The van der Waals surface area contributed by atoms with E-state index in [-0.39, 0.29) is 12.3 Å². The Morgan fingerprint density at radius 1 is 1.40 bits per heavy atom. The molecule has 5 nitrogen and oxygen atoms in total. The minimum atomic E-state index is -4.65. The zero-order chi connectivity index (χ0) is 15.3. The maximum Gasteiger partial charge on any atom is 0.433 e. The summed E-state index contributed by atoms with van der Waals surface area (Å²) in [6, 6.07) is 2.94. The van der Waals surface area contributed by atoms with Gasteiger partial charge in [0.15, 0.2) is 0 Å². The highest BCUT2D eigenvalue weighted by Crippen LogP contribution is 2.29. The largest absolute Gasteiger partial charge is 0.466 e. The fraction of sp³-hybridized carbons (Fsp3) is 0.500. The summed E-state index contributed by atoms with van der Waals surface area (Å²) >= 11 is 0. The van der Waals surface area contributed by atoms with Crippen molar-refractivity contribution in [2.24, 2.45) is 0 Å². The van der Waals surface area contributed by atoms with Crippen molar-refractivity contribution in [1.82, 2.24) is 4.98 Å². The van der Waals surface area contributed by atoms with Gasteiger partial charge in [0.25, 0.3) is 0 Å². The van der Waals surface area contributed by atoms with Crippen molar-refractivity contribution in [3.8, 4) is 0 Å². The maximum absolute atomic E-state index is 12.5. The Morgan fingerprint density at radius 3 is 2.60 bits per heavy atom. The number of rotatable bonds is 5. The van der Waals surface area contributed by atoms with Gasteiger partial charge in [0.1, 0.15) is 11.8 Å². The molecule has 2 atom stereocenters. The number of hydrogen-bond acceptors (Lipinski definition) is 5. The Balaban J connectivity index is 2.81. The molecule has 0 saturated carbocycles. The molecule has 0 aliphatic rings. The van der Waals surface area contributed by atoms with E-state index in [0.29, 0.717) is 0 Å². The third-order valence-corrected chi connectivity index (χ3v) is 2.41. The van der Waals surface area contributed by atoms with Crippen LogP contribution < -0.4 is 0 Å². The number of aromatic nitrogens is 1. The van der Waals surface area contributed by atoms with E-state index in [0.717, 1.165) is 18.2 Å². The predicted molar refractivity (Wildman–Crippen MR) is 61.5 cm³/mol. The molecule has 8 heteroatoms. The highest BCUT2D eigenvalue weighted by molar-refractivity contribution is 5.70. The molecule has 1 rings (SSSR count). The van der Waals surface area contributed by atoms with E-state index in [9.17, 15) is 28.2 Å². The summed E-state index contributed by atoms with van der Waals surface area (Å²) in [5.74, 6) is -0.758. The second-order valence-corrected chi connectivity index (χ2v) is 3.97. The van der Waals surface area contributed by atoms with Gasteiger partial charge < -0.3 is 14.9 Å². The molecule has 0 amide bonds. The minimum absolute atomic E-state index is 0.101. The number of hydrogen-bond donors (Lipinski definition) is 2. The first-order chi connectivity index (χ1) is 9.25. The summed E-state index contributed by atoms with van der Waals surface area (Å²) in [5, 5.41) is 19.3. The summed E-state index contributed by atoms with van der Waals surface area (Å²) < 4.78 is 42.0. The van der Waals surface area contributed by atoms with E-state index < -0.39 is 36.5 Å². The molecular formula is C12H14F3NO4. The van der Waals surface area contributed by atoms with Crippen molar-refractivity contribution < 1.29 is 32.9 Å². The molecule has 0 fully saturated rings. The molecule has 2 unspecified atom stereocenters. The van der Waals surface area contributed by atoms with Crippen LogP contribution in [0.1, 0.15) is 30.8 Å². The number of carbonyl (C=O) groups is 1. The lowest BCUT2D eigenvalue weighted by Crippen LogP contribution is -2.24. The van der Waals surface area contributed by atoms with Crippen molar-refractivity contribution >= 4 is 5.97 Å². The monoisotopic (exact) mass is 293 g/mol. The van der Waals surface area contributed by atoms with Crippen LogP contribution in [0.15, 0.2) is 18.2 Å². The average molecular weight is 293 g/mol. The van der Waals surface area contributed by atoms with E-state index in [1.807, 2.05) is 0 Å². The standard InChI is InChI=1S/C12H14F3NO4/c1-2-20-10(18)6-8(17)11(19)7-4-3-5-9(16-7)12(13,14)15/h3-5,8,11,17,19H,2,6H2,1H3. The van der Waals surface area contributed by atoms with Gasteiger partial charge in [0, 0.05) is 0 Å². The van der Waals surface area contributed by atoms with Crippen molar-refractivity contribution in [1.29, 1.82) is 0 Å². The number of aliphatic hydroxyl groups is 2. The van der Waals surface area contributed by atoms with Crippen molar-refractivity contribution in [2.75, 3.05) is 6.61 Å². The number of esters is 1. The van der Waals surface area contributed by atoms with Crippen LogP contribution in [0.5, 0.6) is 0 Å². The van der Waals surface area contributed by atoms with E-state index in [1.54, 1.807) is 6.92 Å². The normalized spacial score (nSPS) is 14.7. The van der Waals surface area contributed by atoms with Crippen LogP contribution in [-0.2, 0) is 15.7 Å². The van der Waals surface area contributed by atoms with Gasteiger partial charge in [-0.05, 0) is 19.1 Å². The number of carbonyl (C=O) groups excluding carboxylic acids is 1. The lowest BCUT2D eigenvalue weighted by molar-refractivity contribution is -0.148. The average Bonchev–Trinajstić information content (AvgIpc) is 2.37. The lowest BCUT2D eigenvalue weighted by Gasteiger charge is -2.17. The second-order valence-electron chi connectivity index (χ2n) is 3.97. The third-order valence-electron chi connectivity index (χ3n) is 2.41. The van der Waals surface area contributed by atoms with Gasteiger partial charge in [0.2, 0.25) is 0 Å². The first kappa shape index (κ1) is 16.4. The summed E-state index contributed by atoms with van der Waals surface area (Å²) in [6.07, 6.45) is -8.49. The quantitative estimate of drug-likeness (QED) is 0.803. The molecular weight excluding hydrogens is 279 g/mol. The molecule has 2 N–H and O–H groups in total. The minimum Gasteiger partial charge on any atom is -0.466 e. The third kappa shape index (κ3) is 4.46. The maximum atomic E-state index is 12.5. The van der Waals surface area contributed by atoms with E-state index in [1.165, 1.54) is 0 Å². The van der Waals surface area contributed by atoms with Crippen LogP contribution in [-0.4, -0.2) is 33.9 Å². The van der Waals surface area contributed by atoms with Gasteiger partial charge in [-0.1, -0.05) is 6.07 Å². The van der Waals surface area contributed by atoms with Crippen molar-refractivity contribution in [3.05, 3.63) is 29.6 Å². The van der Waals surface area contributed by atoms with Gasteiger partial charge in [-0.15, -0.1) is 0 Å². The van der Waals surface area contributed by atoms with E-state index >= 15 is 0 Å². The molecule has 1 aromatic heterocycles. The lowest BCUT2D eigenvalue weighted by atomic mass is 10.1. The fourth-order valence-electron chi connectivity index (χ4n) is 1.47. The summed E-state index contributed by atoms with van der Waals surface area (Å²) in [4.78, 5) is 14.4. The van der Waals surface area contributed by atoms with Gasteiger partial charge in [-0.3, -0.25) is 4.79 Å². The number of halogens is 3. The zero-order valence-electron chi connectivity index (χ0n) is 10.6. The van der Waals surface area contributed by atoms with Gasteiger partial charge >= 0.3 is 12.1 Å². The summed E-state index contributed by atoms with van der Waals surface area (Å²) in [7, 11) is 0. The van der Waals surface area contributed by atoms with Gasteiger partial charge in [-0.2, -0.15) is 13.2 Å². The molecule has 1 aromatic rings. The zero-order valence-corrected chi connectivity index (χ0v) is 10.6. The van der Waals surface area contributed by atoms with E-state index in [2.05, 4.69) is 9.72 Å². The molecule has 1 heterocycles. The molecule has 0 aliphatic heterocycles. The highest BCUT2D eigenvalue weighted by atomic mass is 19.4. The van der Waals surface area contributed by atoms with Crippen LogP contribution in [0, 0.1) is 0 Å². The molecule has 0 aromatic carbocycles. The van der Waals surface area contributed by atoms with Gasteiger partial charge in [-0.25, -0.2) is 4.98 Å². The van der Waals surface area contributed by atoms with Crippen LogP contribution >= 0.6 is 0 Å². The van der Waals surface area contributed by atoms with Gasteiger partial charge in [0.05, 0.1) is 24.8 Å². The molecule has 0 aliphatic carbocycles. The summed E-state index contributed by atoms with van der Waals surface area (Å²) in [6.45, 7) is 1.67. The summed E-state index contributed by atoms with van der Waals surface area (Å²) in [5.41, 5.74) is -1.55. The Kier molecular flexibility index (Phi) is 5.46. The Morgan fingerprint density at radius 2 is 2.05 bits per heavy atom. The van der Waals surface area contributed by atoms with Crippen LogP contribution in [0.2, 0.25) is 0 Å². The van der Waals surface area contributed by atoms with Crippen LogP contribution in [0.25, 0.3) is 0 Å². The molecule has 0 radical (unpaired) electrons. The van der Waals surface area contributed by atoms with Crippen LogP contribution in [0.4, 0.5) is 13.2 Å². The van der Waals surface area contributed by atoms with E-state index in [4.69, 9.17) is 0 Å². The number of alkyl halides is 3. The molecule has 0 bridgehead atoms. The SMILES string of the molecule is CCOC(=O)CC(O)C(O)c1cccc(C(F)(F)F)n1. The molecule has 20 heavy (non-hydrogen) atoms.